The van der Waals surface area contributed by atoms with E-state index in [9.17, 15) is 14.9 Å². The topological polar surface area (TPSA) is 81.5 Å². The summed E-state index contributed by atoms with van der Waals surface area (Å²) in [4.78, 5) is 22.4. The molecule has 1 atom stereocenters. The summed E-state index contributed by atoms with van der Waals surface area (Å²) in [5.41, 5.74) is 1.56. The van der Waals surface area contributed by atoms with Crippen LogP contribution in [0.2, 0.25) is 0 Å². The summed E-state index contributed by atoms with van der Waals surface area (Å²) in [5, 5.41) is 13.7. The Morgan fingerprint density at radius 3 is 2.92 bits per heavy atom. The maximum absolute atomic E-state index is 12.1. The largest absolute Gasteiger partial charge is 0.493 e. The summed E-state index contributed by atoms with van der Waals surface area (Å²) < 4.78 is 5.57. The van der Waals surface area contributed by atoms with Gasteiger partial charge in [0.25, 0.3) is 5.69 Å². The van der Waals surface area contributed by atoms with Crippen LogP contribution in [0, 0.1) is 10.1 Å². The zero-order valence-electron chi connectivity index (χ0n) is 12.8. The number of nitro groups is 1. The van der Waals surface area contributed by atoms with Crippen LogP contribution in [-0.4, -0.2) is 17.4 Å². The fraction of sp³-hybridized carbons (Fsp3) is 0.167. The van der Waals surface area contributed by atoms with Crippen LogP contribution < -0.4 is 10.1 Å². The van der Waals surface area contributed by atoms with Gasteiger partial charge in [0.1, 0.15) is 5.75 Å². The van der Waals surface area contributed by atoms with Crippen LogP contribution >= 0.6 is 0 Å². The lowest BCUT2D eigenvalue weighted by atomic mass is 10.0. The number of nitrogens with zero attached hydrogens (tertiary/aromatic N) is 1. The van der Waals surface area contributed by atoms with E-state index in [0.29, 0.717) is 18.6 Å². The number of fused-ring (bicyclic) bond motifs is 1. The third-order valence-electron chi connectivity index (χ3n) is 3.78. The average Bonchev–Trinajstić information content (AvgIpc) is 2.60. The van der Waals surface area contributed by atoms with Gasteiger partial charge in [-0.15, -0.1) is 0 Å². The van der Waals surface area contributed by atoms with E-state index in [-0.39, 0.29) is 17.6 Å². The SMILES string of the molecule is O=C(/C=C/c1cccc([N+](=O)[O-])c1)NC1CCOc2ccccc21. The van der Waals surface area contributed by atoms with Crippen molar-refractivity contribution >= 4 is 17.7 Å². The molecular formula is C18H16N2O4. The number of non-ortho nitro benzene ring substituents is 1. The van der Waals surface area contributed by atoms with Gasteiger partial charge in [-0.1, -0.05) is 30.3 Å². The van der Waals surface area contributed by atoms with Gasteiger partial charge in [-0.3, -0.25) is 14.9 Å². The number of nitro benzene ring substituents is 1. The molecule has 2 aromatic carbocycles. The van der Waals surface area contributed by atoms with Gasteiger partial charge < -0.3 is 10.1 Å². The number of hydrogen-bond donors (Lipinski definition) is 1. The van der Waals surface area contributed by atoms with Crippen molar-refractivity contribution in [3.63, 3.8) is 0 Å². The van der Waals surface area contributed by atoms with E-state index in [2.05, 4.69) is 5.32 Å². The third-order valence-corrected chi connectivity index (χ3v) is 3.78. The first-order valence-corrected chi connectivity index (χ1v) is 7.58. The van der Waals surface area contributed by atoms with E-state index in [4.69, 9.17) is 4.74 Å². The molecule has 0 spiro atoms. The predicted octanol–water partition coefficient (Wildman–Crippen LogP) is 3.25. The van der Waals surface area contributed by atoms with Gasteiger partial charge in [0, 0.05) is 30.2 Å². The summed E-state index contributed by atoms with van der Waals surface area (Å²) in [6, 6.07) is 13.7. The fourth-order valence-corrected chi connectivity index (χ4v) is 2.63. The molecule has 1 aliphatic rings. The lowest BCUT2D eigenvalue weighted by Crippen LogP contribution is -2.30. The number of hydrogen-bond acceptors (Lipinski definition) is 4. The molecular weight excluding hydrogens is 308 g/mol. The van der Waals surface area contributed by atoms with Gasteiger partial charge >= 0.3 is 0 Å². The van der Waals surface area contributed by atoms with Gasteiger partial charge in [0.15, 0.2) is 0 Å². The Kier molecular flexibility index (Phi) is 4.56. The zero-order valence-corrected chi connectivity index (χ0v) is 12.8. The molecule has 0 saturated carbocycles. The predicted molar refractivity (Wildman–Crippen MR) is 89.6 cm³/mol. The Morgan fingerprint density at radius 2 is 2.08 bits per heavy atom. The second-order valence-electron chi connectivity index (χ2n) is 5.42. The van der Waals surface area contributed by atoms with Crippen molar-refractivity contribution in [1.82, 2.24) is 5.32 Å². The molecule has 1 aliphatic heterocycles. The maximum atomic E-state index is 12.1. The number of rotatable bonds is 4. The number of nitrogens with one attached hydrogen (secondary N) is 1. The summed E-state index contributed by atoms with van der Waals surface area (Å²) >= 11 is 0. The maximum Gasteiger partial charge on any atom is 0.270 e. The van der Waals surface area contributed by atoms with E-state index in [0.717, 1.165) is 11.3 Å². The van der Waals surface area contributed by atoms with Crippen LogP contribution in [-0.2, 0) is 4.79 Å². The normalized spacial score (nSPS) is 16.2. The Bertz CT molecular complexity index is 801. The van der Waals surface area contributed by atoms with Crippen LogP contribution in [0.3, 0.4) is 0 Å². The highest BCUT2D eigenvalue weighted by molar-refractivity contribution is 5.92. The Balaban J connectivity index is 1.68. The van der Waals surface area contributed by atoms with Crippen LogP contribution in [0.1, 0.15) is 23.6 Å². The summed E-state index contributed by atoms with van der Waals surface area (Å²) in [7, 11) is 0. The smallest absolute Gasteiger partial charge is 0.270 e. The Hall–Kier alpha value is -3.15. The first kappa shape index (κ1) is 15.7. The van der Waals surface area contributed by atoms with Crippen molar-refractivity contribution in [2.24, 2.45) is 0 Å². The molecule has 6 heteroatoms. The quantitative estimate of drug-likeness (QED) is 0.532. The number of benzene rings is 2. The minimum Gasteiger partial charge on any atom is -0.493 e. The highest BCUT2D eigenvalue weighted by Crippen LogP contribution is 2.31. The molecule has 1 heterocycles. The minimum absolute atomic E-state index is 0.00378. The average molecular weight is 324 g/mol. The molecule has 122 valence electrons. The van der Waals surface area contributed by atoms with Crippen LogP contribution in [0.25, 0.3) is 6.08 Å². The fourth-order valence-electron chi connectivity index (χ4n) is 2.63. The van der Waals surface area contributed by atoms with Crippen molar-refractivity contribution in [2.75, 3.05) is 6.61 Å². The molecule has 1 amide bonds. The van der Waals surface area contributed by atoms with Crippen LogP contribution in [0.15, 0.2) is 54.6 Å². The second-order valence-corrected chi connectivity index (χ2v) is 5.42. The summed E-state index contributed by atoms with van der Waals surface area (Å²) in [5.74, 6) is 0.542. The van der Waals surface area contributed by atoms with Gasteiger partial charge in [-0.2, -0.15) is 0 Å². The van der Waals surface area contributed by atoms with E-state index >= 15 is 0 Å². The molecule has 24 heavy (non-hydrogen) atoms. The van der Waals surface area contributed by atoms with Crippen molar-refractivity contribution in [3.8, 4) is 5.75 Å². The van der Waals surface area contributed by atoms with Gasteiger partial charge in [-0.25, -0.2) is 0 Å². The van der Waals surface area contributed by atoms with Crippen molar-refractivity contribution in [1.29, 1.82) is 0 Å². The minimum atomic E-state index is -0.462. The number of ether oxygens (including phenoxy) is 1. The standard InChI is InChI=1S/C18H16N2O4/c21-18(9-8-13-4-3-5-14(12-13)20(22)23)19-16-10-11-24-17-7-2-1-6-15(16)17/h1-9,12,16H,10-11H2,(H,19,21)/b9-8+. The number of carbonyl (C=O) groups is 1. The molecule has 0 radical (unpaired) electrons. The van der Waals surface area contributed by atoms with Crippen molar-refractivity contribution < 1.29 is 14.5 Å². The van der Waals surface area contributed by atoms with Crippen LogP contribution in [0.5, 0.6) is 5.75 Å². The lowest BCUT2D eigenvalue weighted by Gasteiger charge is -2.26. The number of amides is 1. The Morgan fingerprint density at radius 1 is 1.25 bits per heavy atom. The molecule has 3 rings (SSSR count). The number of carbonyl (C=O) groups excluding carboxylic acids is 1. The molecule has 0 saturated heterocycles. The first-order valence-electron chi connectivity index (χ1n) is 7.58. The second kappa shape index (κ2) is 6.95. The van der Waals surface area contributed by atoms with Crippen molar-refractivity contribution in [2.45, 2.75) is 12.5 Å². The highest BCUT2D eigenvalue weighted by atomic mass is 16.6. The first-order chi connectivity index (χ1) is 11.6. The van der Waals surface area contributed by atoms with Gasteiger partial charge in [-0.05, 0) is 17.7 Å². The molecule has 1 N–H and O–H groups in total. The third kappa shape index (κ3) is 3.60. The molecule has 0 aliphatic carbocycles. The van der Waals surface area contributed by atoms with Gasteiger partial charge in [0.05, 0.1) is 17.6 Å². The summed E-state index contributed by atoms with van der Waals surface area (Å²) in [6.07, 6.45) is 3.65. The molecule has 1 unspecified atom stereocenters. The highest BCUT2D eigenvalue weighted by Gasteiger charge is 2.21. The monoisotopic (exact) mass is 324 g/mol. The van der Waals surface area contributed by atoms with Crippen LogP contribution in [0.4, 0.5) is 5.69 Å². The van der Waals surface area contributed by atoms with E-state index in [1.165, 1.54) is 18.2 Å². The molecule has 0 bridgehead atoms. The molecule has 0 fully saturated rings. The van der Waals surface area contributed by atoms with E-state index < -0.39 is 4.92 Å². The Labute approximate surface area is 138 Å². The number of para-hydroxylation sites is 1. The van der Waals surface area contributed by atoms with Crippen molar-refractivity contribution in [3.05, 3.63) is 75.8 Å². The lowest BCUT2D eigenvalue weighted by molar-refractivity contribution is -0.384. The van der Waals surface area contributed by atoms with E-state index in [1.807, 2.05) is 24.3 Å². The van der Waals surface area contributed by atoms with E-state index in [1.54, 1.807) is 18.2 Å². The zero-order chi connectivity index (χ0) is 16.9. The van der Waals surface area contributed by atoms with Gasteiger partial charge in [0.2, 0.25) is 5.91 Å². The molecule has 6 nitrogen and oxygen atoms in total. The summed E-state index contributed by atoms with van der Waals surface area (Å²) in [6.45, 7) is 0.552. The molecule has 2 aromatic rings. The molecule has 0 aromatic heterocycles.